The van der Waals surface area contributed by atoms with Gasteiger partial charge in [-0.2, -0.15) is 5.26 Å². The molecule has 0 unspecified atom stereocenters. The maximum atomic E-state index is 13.0. The van der Waals surface area contributed by atoms with E-state index in [1.165, 1.54) is 19.3 Å². The van der Waals surface area contributed by atoms with Gasteiger partial charge in [0, 0.05) is 5.56 Å². The van der Waals surface area contributed by atoms with Gasteiger partial charge in [0.2, 0.25) is 0 Å². The molecule has 2 N–H and O–H groups in total. The highest BCUT2D eigenvalue weighted by Gasteiger charge is 2.55. The summed E-state index contributed by atoms with van der Waals surface area (Å²) in [7, 11) is 0. The van der Waals surface area contributed by atoms with Crippen LogP contribution in [0.4, 0.5) is 5.00 Å². The second-order valence-corrected chi connectivity index (χ2v) is 9.31. The zero-order valence-corrected chi connectivity index (χ0v) is 16.3. The summed E-state index contributed by atoms with van der Waals surface area (Å²) < 4.78 is 10.7. The lowest BCUT2D eigenvalue weighted by molar-refractivity contribution is -0.173. The van der Waals surface area contributed by atoms with Gasteiger partial charge >= 0.3 is 11.9 Å². The molecule has 4 bridgehead atoms. The molecular weight excluding hydrogens is 364 g/mol. The number of carbonyl (C=O) groups is 2. The van der Waals surface area contributed by atoms with Gasteiger partial charge in [0.05, 0.1) is 17.6 Å². The van der Waals surface area contributed by atoms with Crippen LogP contribution in [-0.2, 0) is 20.9 Å². The highest BCUT2D eigenvalue weighted by molar-refractivity contribution is 7.18. The van der Waals surface area contributed by atoms with Crippen molar-refractivity contribution in [3.05, 3.63) is 16.0 Å². The Labute approximate surface area is 162 Å². The van der Waals surface area contributed by atoms with Crippen molar-refractivity contribution < 1.29 is 19.1 Å². The van der Waals surface area contributed by atoms with E-state index in [0.717, 1.165) is 30.6 Å². The van der Waals surface area contributed by atoms with E-state index >= 15 is 0 Å². The maximum Gasteiger partial charge on any atom is 0.348 e. The molecule has 0 aliphatic heterocycles. The zero-order chi connectivity index (χ0) is 19.2. The summed E-state index contributed by atoms with van der Waals surface area (Å²) in [6, 6.07) is 2.03. The Bertz CT molecular complexity index is 787. The summed E-state index contributed by atoms with van der Waals surface area (Å²) in [5.41, 5.74) is 6.10. The molecule has 0 radical (unpaired) electrons. The van der Waals surface area contributed by atoms with Gasteiger partial charge in [-0.1, -0.05) is 0 Å². The summed E-state index contributed by atoms with van der Waals surface area (Å²) in [6.45, 7) is 1.84. The topological polar surface area (TPSA) is 102 Å². The van der Waals surface area contributed by atoms with Gasteiger partial charge in [-0.3, -0.25) is 4.79 Å². The molecule has 0 atom stereocenters. The van der Waals surface area contributed by atoms with Crippen LogP contribution in [0.1, 0.15) is 66.2 Å². The van der Waals surface area contributed by atoms with Crippen LogP contribution < -0.4 is 5.73 Å². The zero-order valence-electron chi connectivity index (χ0n) is 15.5. The Kier molecular flexibility index (Phi) is 4.63. The molecule has 0 amide bonds. The van der Waals surface area contributed by atoms with Crippen molar-refractivity contribution in [2.45, 2.75) is 52.1 Å². The van der Waals surface area contributed by atoms with Gasteiger partial charge in [0.25, 0.3) is 0 Å². The smallest absolute Gasteiger partial charge is 0.348 e. The van der Waals surface area contributed by atoms with Gasteiger partial charge in [-0.15, -0.1) is 11.3 Å². The van der Waals surface area contributed by atoms with Crippen LogP contribution >= 0.6 is 11.3 Å². The van der Waals surface area contributed by atoms with Gasteiger partial charge in [-0.25, -0.2) is 4.79 Å². The standard InChI is InChI=1S/C20H24N2O4S/c1-2-25-18(23)16-15(14(9-21)17(22)27-16)10-26-19(24)20-6-11-3-12(7-20)5-13(4-11)8-20/h11-13H,2-8,10,22H2,1H3. The van der Waals surface area contributed by atoms with Crippen LogP contribution in [-0.4, -0.2) is 18.5 Å². The number of rotatable bonds is 5. The molecule has 0 aromatic carbocycles. The lowest BCUT2D eigenvalue weighted by Gasteiger charge is -2.55. The number of anilines is 1. The number of hydrogen-bond acceptors (Lipinski definition) is 7. The Morgan fingerprint density at radius 1 is 1.19 bits per heavy atom. The molecule has 7 heteroatoms. The van der Waals surface area contributed by atoms with E-state index in [0.29, 0.717) is 23.3 Å². The van der Waals surface area contributed by atoms with E-state index in [1.54, 1.807) is 6.92 Å². The van der Waals surface area contributed by atoms with Crippen LogP contribution in [0.15, 0.2) is 0 Å². The third-order valence-electron chi connectivity index (χ3n) is 6.43. The van der Waals surface area contributed by atoms with Gasteiger partial charge in [0.1, 0.15) is 22.6 Å². The number of hydrogen-bond donors (Lipinski definition) is 1. The van der Waals surface area contributed by atoms with Crippen molar-refractivity contribution in [3.63, 3.8) is 0 Å². The number of thiophene rings is 1. The lowest BCUT2D eigenvalue weighted by atomic mass is 9.49. The van der Waals surface area contributed by atoms with Crippen LogP contribution in [0.2, 0.25) is 0 Å². The Hall–Kier alpha value is -2.07. The number of nitrogen functional groups attached to an aromatic ring is 1. The van der Waals surface area contributed by atoms with Crippen LogP contribution in [0.3, 0.4) is 0 Å². The summed E-state index contributed by atoms with van der Waals surface area (Å²) in [5, 5.41) is 9.65. The fraction of sp³-hybridized carbons (Fsp3) is 0.650. The van der Waals surface area contributed by atoms with Crippen molar-refractivity contribution in [1.82, 2.24) is 0 Å². The van der Waals surface area contributed by atoms with Gasteiger partial charge in [-0.05, 0) is 63.2 Å². The SMILES string of the molecule is CCOC(=O)c1sc(N)c(C#N)c1COC(=O)C12CC3CC(CC(C3)C1)C2. The Balaban J connectivity index is 1.53. The summed E-state index contributed by atoms with van der Waals surface area (Å²) >= 11 is 1.01. The molecule has 5 rings (SSSR count). The molecule has 27 heavy (non-hydrogen) atoms. The Morgan fingerprint density at radius 2 is 1.78 bits per heavy atom. The van der Waals surface area contributed by atoms with Crippen LogP contribution in [0.5, 0.6) is 0 Å². The first-order valence-corrected chi connectivity index (χ1v) is 10.4. The summed E-state index contributed by atoms with van der Waals surface area (Å²) in [4.78, 5) is 25.5. The van der Waals surface area contributed by atoms with E-state index < -0.39 is 5.97 Å². The number of carbonyl (C=O) groups excluding carboxylic acids is 2. The molecule has 6 nitrogen and oxygen atoms in total. The second-order valence-electron chi connectivity index (χ2n) is 8.26. The molecule has 0 saturated heterocycles. The molecule has 4 fully saturated rings. The fourth-order valence-electron chi connectivity index (χ4n) is 5.76. The number of nitriles is 1. The van der Waals surface area contributed by atoms with Crippen molar-refractivity contribution in [3.8, 4) is 6.07 Å². The van der Waals surface area contributed by atoms with E-state index in [2.05, 4.69) is 0 Å². The van der Waals surface area contributed by atoms with Gasteiger partial charge < -0.3 is 15.2 Å². The molecular formula is C20H24N2O4S. The molecule has 1 aromatic rings. The third kappa shape index (κ3) is 3.10. The quantitative estimate of drug-likeness (QED) is 0.773. The van der Waals surface area contributed by atoms with E-state index in [-0.39, 0.29) is 40.0 Å². The minimum atomic E-state index is -0.531. The van der Waals surface area contributed by atoms with E-state index in [9.17, 15) is 14.9 Å². The van der Waals surface area contributed by atoms with E-state index in [4.69, 9.17) is 15.2 Å². The largest absolute Gasteiger partial charge is 0.462 e. The monoisotopic (exact) mass is 388 g/mol. The predicted molar refractivity (Wildman–Crippen MR) is 99.8 cm³/mol. The van der Waals surface area contributed by atoms with Crippen molar-refractivity contribution in [1.29, 1.82) is 5.26 Å². The number of esters is 2. The second kappa shape index (κ2) is 6.83. The molecule has 144 valence electrons. The van der Waals surface area contributed by atoms with E-state index in [1.807, 2.05) is 6.07 Å². The molecule has 4 aliphatic rings. The molecule has 0 spiro atoms. The molecule has 4 saturated carbocycles. The first kappa shape index (κ1) is 18.3. The first-order chi connectivity index (χ1) is 13.0. The number of ether oxygens (including phenoxy) is 2. The van der Waals surface area contributed by atoms with Crippen LogP contribution in [0, 0.1) is 34.5 Å². The number of nitrogens with two attached hydrogens (primary N) is 1. The highest BCUT2D eigenvalue weighted by Crippen LogP contribution is 2.60. The average molecular weight is 388 g/mol. The normalized spacial score (nSPS) is 30.7. The summed E-state index contributed by atoms with van der Waals surface area (Å²) in [5.74, 6) is 1.22. The fourth-order valence-corrected chi connectivity index (χ4v) is 6.68. The lowest BCUT2D eigenvalue weighted by Crippen LogP contribution is -2.50. The van der Waals surface area contributed by atoms with Crippen molar-refractivity contribution in [2.75, 3.05) is 12.3 Å². The van der Waals surface area contributed by atoms with Crippen molar-refractivity contribution >= 4 is 28.3 Å². The molecule has 1 heterocycles. The third-order valence-corrected chi connectivity index (χ3v) is 7.47. The molecule has 4 aliphatic carbocycles. The van der Waals surface area contributed by atoms with Gasteiger partial charge in [0.15, 0.2) is 0 Å². The molecule has 1 aromatic heterocycles. The maximum absolute atomic E-state index is 13.0. The predicted octanol–water partition coefficient (Wildman–Crippen LogP) is 3.64. The summed E-state index contributed by atoms with van der Waals surface area (Å²) in [6.07, 6.45) is 6.50. The minimum absolute atomic E-state index is 0.106. The average Bonchev–Trinajstić information content (AvgIpc) is 2.94. The number of nitrogens with zero attached hydrogens (tertiary/aromatic N) is 1. The first-order valence-electron chi connectivity index (χ1n) is 9.61. The van der Waals surface area contributed by atoms with Crippen molar-refractivity contribution in [2.24, 2.45) is 23.2 Å². The minimum Gasteiger partial charge on any atom is -0.462 e. The van der Waals surface area contributed by atoms with Crippen LogP contribution in [0.25, 0.3) is 0 Å². The Morgan fingerprint density at radius 3 is 2.30 bits per heavy atom. The highest BCUT2D eigenvalue weighted by atomic mass is 32.1.